The summed E-state index contributed by atoms with van der Waals surface area (Å²) in [6.07, 6.45) is 1.56. The topological polar surface area (TPSA) is 72.9 Å². The van der Waals surface area contributed by atoms with E-state index in [1.807, 2.05) is 6.92 Å². The number of ether oxygens (including phenoxy) is 2. The van der Waals surface area contributed by atoms with E-state index in [2.05, 4.69) is 15.9 Å². The highest BCUT2D eigenvalue weighted by atomic mass is 79.9. The number of nitrogens with zero attached hydrogens (tertiary/aromatic N) is 1. The smallest absolute Gasteiger partial charge is 0.338 e. The van der Waals surface area contributed by atoms with Crippen LogP contribution in [0.3, 0.4) is 0 Å². The number of rotatable bonds is 6. The number of carbonyl (C=O) groups is 1. The first-order valence-corrected chi connectivity index (χ1v) is 10.2. The van der Waals surface area contributed by atoms with E-state index in [-0.39, 0.29) is 17.6 Å². The Morgan fingerprint density at radius 3 is 2.71 bits per heavy atom. The van der Waals surface area contributed by atoms with E-state index in [1.54, 1.807) is 6.92 Å². The van der Waals surface area contributed by atoms with Crippen LogP contribution >= 0.6 is 15.9 Å². The number of halogens is 1. The number of esters is 1. The third-order valence-corrected chi connectivity index (χ3v) is 6.65. The van der Waals surface area contributed by atoms with Crippen LogP contribution in [0.4, 0.5) is 0 Å². The number of sulfonamides is 1. The second-order valence-electron chi connectivity index (χ2n) is 5.45. The minimum atomic E-state index is -3.64. The van der Waals surface area contributed by atoms with Crippen molar-refractivity contribution < 1.29 is 22.7 Å². The maximum Gasteiger partial charge on any atom is 0.338 e. The molecule has 1 atom stereocenters. The number of hydrogen-bond acceptors (Lipinski definition) is 5. The summed E-state index contributed by atoms with van der Waals surface area (Å²) < 4.78 is 38.1. The molecule has 1 fully saturated rings. The van der Waals surface area contributed by atoms with E-state index >= 15 is 0 Å². The molecule has 1 saturated heterocycles. The van der Waals surface area contributed by atoms with Gasteiger partial charge in [-0.2, -0.15) is 4.31 Å². The molecule has 2 rings (SSSR count). The molecule has 8 heteroatoms. The van der Waals surface area contributed by atoms with Gasteiger partial charge in [0.1, 0.15) is 0 Å². The van der Waals surface area contributed by atoms with Crippen LogP contribution in [0, 0.1) is 0 Å². The van der Waals surface area contributed by atoms with Crippen LogP contribution in [0.15, 0.2) is 27.6 Å². The van der Waals surface area contributed by atoms with Gasteiger partial charge in [-0.1, -0.05) is 0 Å². The van der Waals surface area contributed by atoms with E-state index in [0.29, 0.717) is 29.7 Å². The highest BCUT2D eigenvalue weighted by molar-refractivity contribution is 9.10. The van der Waals surface area contributed by atoms with Crippen LogP contribution in [0.25, 0.3) is 0 Å². The lowest BCUT2D eigenvalue weighted by Gasteiger charge is -2.31. The van der Waals surface area contributed by atoms with Gasteiger partial charge in [-0.15, -0.1) is 0 Å². The molecule has 0 aromatic heterocycles. The van der Waals surface area contributed by atoms with Crippen molar-refractivity contribution >= 4 is 31.9 Å². The van der Waals surface area contributed by atoms with Gasteiger partial charge in [-0.25, -0.2) is 13.2 Å². The molecular formula is C16H22BrNO5S. The minimum Gasteiger partial charge on any atom is -0.462 e. The standard InChI is InChI=1S/C16H22BrNO5S/c1-3-22-13-6-5-9-18(11-13)24(20,21)15-8-7-12(10-14(15)17)16(19)23-4-2/h7-8,10,13H,3-6,9,11H2,1-2H3. The summed E-state index contributed by atoms with van der Waals surface area (Å²) >= 11 is 3.27. The van der Waals surface area contributed by atoms with Gasteiger partial charge in [-0.3, -0.25) is 0 Å². The summed E-state index contributed by atoms with van der Waals surface area (Å²) in [5, 5.41) is 0. The van der Waals surface area contributed by atoms with Crippen LogP contribution in [-0.4, -0.2) is 51.1 Å². The van der Waals surface area contributed by atoms with Gasteiger partial charge >= 0.3 is 5.97 Å². The molecule has 0 spiro atoms. The predicted molar refractivity (Wildman–Crippen MR) is 93.5 cm³/mol. The lowest BCUT2D eigenvalue weighted by atomic mass is 10.1. The molecule has 0 aliphatic carbocycles. The molecule has 0 saturated carbocycles. The molecule has 0 amide bonds. The zero-order chi connectivity index (χ0) is 17.7. The average Bonchev–Trinajstić information content (AvgIpc) is 2.55. The molecule has 1 aromatic carbocycles. The minimum absolute atomic E-state index is 0.0731. The van der Waals surface area contributed by atoms with Crippen LogP contribution < -0.4 is 0 Å². The Hall–Kier alpha value is -0.960. The Morgan fingerprint density at radius 2 is 2.08 bits per heavy atom. The lowest BCUT2D eigenvalue weighted by molar-refractivity contribution is 0.0265. The molecule has 24 heavy (non-hydrogen) atoms. The molecule has 0 radical (unpaired) electrons. The van der Waals surface area contributed by atoms with Gasteiger partial charge < -0.3 is 9.47 Å². The number of benzene rings is 1. The molecule has 0 bridgehead atoms. The summed E-state index contributed by atoms with van der Waals surface area (Å²) in [7, 11) is -3.64. The van der Waals surface area contributed by atoms with Gasteiger partial charge in [0.25, 0.3) is 0 Å². The Morgan fingerprint density at radius 1 is 1.33 bits per heavy atom. The average molecular weight is 420 g/mol. The predicted octanol–water partition coefficient (Wildman–Crippen LogP) is 2.82. The highest BCUT2D eigenvalue weighted by Crippen LogP contribution is 2.28. The Bertz CT molecular complexity index is 690. The summed E-state index contributed by atoms with van der Waals surface area (Å²) in [6, 6.07) is 4.39. The maximum absolute atomic E-state index is 12.9. The van der Waals surface area contributed by atoms with Crippen molar-refractivity contribution in [1.29, 1.82) is 0 Å². The number of carbonyl (C=O) groups excluding carboxylic acids is 1. The largest absolute Gasteiger partial charge is 0.462 e. The summed E-state index contributed by atoms with van der Waals surface area (Å²) in [4.78, 5) is 11.9. The SMILES string of the molecule is CCOC(=O)c1ccc(S(=O)(=O)N2CCCC(OCC)C2)c(Br)c1. The van der Waals surface area contributed by atoms with E-state index in [9.17, 15) is 13.2 Å². The van der Waals surface area contributed by atoms with Crippen LogP contribution in [0.1, 0.15) is 37.0 Å². The summed E-state index contributed by atoms with van der Waals surface area (Å²) in [5.74, 6) is -0.475. The van der Waals surface area contributed by atoms with Gasteiger partial charge in [0.2, 0.25) is 10.0 Å². The third kappa shape index (κ3) is 4.36. The second kappa shape index (κ2) is 8.42. The second-order valence-corrected chi connectivity index (χ2v) is 8.21. The number of hydrogen-bond donors (Lipinski definition) is 0. The molecule has 1 aromatic rings. The molecule has 1 unspecified atom stereocenters. The highest BCUT2D eigenvalue weighted by Gasteiger charge is 2.32. The first-order chi connectivity index (χ1) is 11.4. The van der Waals surface area contributed by atoms with E-state index in [0.717, 1.165) is 12.8 Å². The molecule has 0 N–H and O–H groups in total. The van der Waals surface area contributed by atoms with Gasteiger partial charge in [0, 0.05) is 24.2 Å². The maximum atomic E-state index is 12.9. The van der Waals surface area contributed by atoms with Crippen molar-refractivity contribution in [3.63, 3.8) is 0 Å². The van der Waals surface area contributed by atoms with Crippen molar-refractivity contribution in [3.8, 4) is 0 Å². The quantitative estimate of drug-likeness (QED) is 0.662. The first-order valence-electron chi connectivity index (χ1n) is 7.98. The first kappa shape index (κ1) is 19.4. The van der Waals surface area contributed by atoms with E-state index < -0.39 is 16.0 Å². The Balaban J connectivity index is 2.24. The molecule has 1 aliphatic rings. The van der Waals surface area contributed by atoms with Crippen molar-refractivity contribution in [2.45, 2.75) is 37.7 Å². The van der Waals surface area contributed by atoms with Crippen LogP contribution in [0.5, 0.6) is 0 Å². The monoisotopic (exact) mass is 419 g/mol. The van der Waals surface area contributed by atoms with Crippen molar-refractivity contribution in [3.05, 3.63) is 28.2 Å². The van der Waals surface area contributed by atoms with Crippen LogP contribution in [0.2, 0.25) is 0 Å². The molecule has 6 nitrogen and oxygen atoms in total. The van der Waals surface area contributed by atoms with E-state index in [1.165, 1.54) is 22.5 Å². The lowest BCUT2D eigenvalue weighted by Crippen LogP contribution is -2.43. The fourth-order valence-electron chi connectivity index (χ4n) is 2.69. The Kier molecular flexibility index (Phi) is 6.79. The zero-order valence-corrected chi connectivity index (χ0v) is 16.2. The Labute approximate surface area is 151 Å². The molecule has 1 heterocycles. The van der Waals surface area contributed by atoms with Gasteiger partial charge in [0.15, 0.2) is 0 Å². The van der Waals surface area contributed by atoms with E-state index in [4.69, 9.17) is 9.47 Å². The zero-order valence-electron chi connectivity index (χ0n) is 13.8. The van der Waals surface area contributed by atoms with Gasteiger partial charge in [-0.05, 0) is 60.8 Å². The normalized spacial score (nSPS) is 19.2. The summed E-state index contributed by atoms with van der Waals surface area (Å²) in [6.45, 7) is 5.27. The van der Waals surface area contributed by atoms with Crippen molar-refractivity contribution in [1.82, 2.24) is 4.31 Å². The molecular weight excluding hydrogens is 398 g/mol. The van der Waals surface area contributed by atoms with Crippen LogP contribution in [-0.2, 0) is 19.5 Å². The van der Waals surface area contributed by atoms with Gasteiger partial charge in [0.05, 0.1) is 23.2 Å². The fourth-order valence-corrected chi connectivity index (χ4v) is 5.23. The van der Waals surface area contributed by atoms with Crippen molar-refractivity contribution in [2.24, 2.45) is 0 Å². The van der Waals surface area contributed by atoms with Crippen molar-refractivity contribution in [2.75, 3.05) is 26.3 Å². The molecule has 134 valence electrons. The summed E-state index contributed by atoms with van der Waals surface area (Å²) in [5.41, 5.74) is 0.313. The number of piperidine rings is 1. The third-order valence-electron chi connectivity index (χ3n) is 3.80. The fraction of sp³-hybridized carbons (Fsp3) is 0.562. The molecule has 1 aliphatic heterocycles.